The van der Waals surface area contributed by atoms with Gasteiger partial charge in [-0.3, -0.25) is 4.68 Å². The largest absolute Gasteiger partial charge is 0.328 e. The fourth-order valence-electron chi connectivity index (χ4n) is 2.86. The highest BCUT2D eigenvalue weighted by Gasteiger charge is 2.36. The van der Waals surface area contributed by atoms with Gasteiger partial charge in [0.2, 0.25) is 0 Å². The van der Waals surface area contributed by atoms with E-state index >= 15 is 0 Å². The Morgan fingerprint density at radius 2 is 2.41 bits per heavy atom. The van der Waals surface area contributed by atoms with Gasteiger partial charge in [0.05, 0.1) is 5.69 Å². The molecule has 1 aliphatic carbocycles. The van der Waals surface area contributed by atoms with E-state index in [1.807, 2.05) is 24.6 Å². The summed E-state index contributed by atoms with van der Waals surface area (Å²) in [5, 5.41) is 4.36. The topological polar surface area (TPSA) is 43.8 Å². The molecule has 2 N–H and O–H groups in total. The molecule has 1 saturated carbocycles. The first-order valence-corrected chi connectivity index (χ1v) is 6.50. The average Bonchev–Trinajstić information content (AvgIpc) is 2.57. The summed E-state index contributed by atoms with van der Waals surface area (Å²) in [6, 6.07) is 2.01. The molecule has 0 saturated heterocycles. The van der Waals surface area contributed by atoms with Crippen molar-refractivity contribution in [2.75, 3.05) is 0 Å². The van der Waals surface area contributed by atoms with E-state index in [0.717, 1.165) is 30.8 Å². The highest BCUT2D eigenvalue weighted by molar-refractivity contribution is 5.12. The number of aryl methyl sites for hydroxylation is 2. The number of hydrogen-bond acceptors (Lipinski definition) is 2. The quantitative estimate of drug-likeness (QED) is 0.880. The molecule has 0 aromatic carbocycles. The minimum Gasteiger partial charge on any atom is -0.328 e. The maximum absolute atomic E-state index is 14.7. The molecule has 0 aliphatic heterocycles. The maximum Gasteiger partial charge on any atom is 0.118 e. The predicted molar refractivity (Wildman–Crippen MR) is 66.6 cm³/mol. The van der Waals surface area contributed by atoms with E-state index in [2.05, 4.69) is 5.10 Å². The molecule has 1 aromatic rings. The molecule has 0 amide bonds. The van der Waals surface area contributed by atoms with Crippen molar-refractivity contribution in [1.82, 2.24) is 9.78 Å². The van der Waals surface area contributed by atoms with Crippen LogP contribution in [0, 0.1) is 6.92 Å². The lowest BCUT2D eigenvalue weighted by molar-refractivity contribution is 0.0940. The van der Waals surface area contributed by atoms with Crippen LogP contribution in [0.4, 0.5) is 4.39 Å². The summed E-state index contributed by atoms with van der Waals surface area (Å²) in [6.07, 6.45) is 3.43. The lowest BCUT2D eigenvalue weighted by atomic mass is 9.80. The van der Waals surface area contributed by atoms with Gasteiger partial charge in [-0.15, -0.1) is 0 Å². The first-order valence-electron chi connectivity index (χ1n) is 6.50. The summed E-state index contributed by atoms with van der Waals surface area (Å²) in [4.78, 5) is 0. The average molecular weight is 239 g/mol. The van der Waals surface area contributed by atoms with Gasteiger partial charge in [-0.2, -0.15) is 5.10 Å². The fourth-order valence-corrected chi connectivity index (χ4v) is 2.86. The lowest BCUT2D eigenvalue weighted by Crippen LogP contribution is -2.39. The van der Waals surface area contributed by atoms with Crippen LogP contribution in [0.1, 0.15) is 44.0 Å². The molecule has 4 heteroatoms. The lowest BCUT2D eigenvalue weighted by Gasteiger charge is -2.33. The van der Waals surface area contributed by atoms with Crippen molar-refractivity contribution in [3.8, 4) is 0 Å². The zero-order chi connectivity index (χ0) is 12.5. The molecule has 2 atom stereocenters. The van der Waals surface area contributed by atoms with E-state index in [1.165, 1.54) is 0 Å². The Balaban J connectivity index is 2.13. The zero-order valence-electron chi connectivity index (χ0n) is 10.7. The van der Waals surface area contributed by atoms with Crippen molar-refractivity contribution in [3.63, 3.8) is 0 Å². The van der Waals surface area contributed by atoms with Gasteiger partial charge in [-0.1, -0.05) is 0 Å². The number of halogens is 1. The number of aromatic nitrogens is 2. The van der Waals surface area contributed by atoms with Crippen molar-refractivity contribution >= 4 is 0 Å². The van der Waals surface area contributed by atoms with Gasteiger partial charge < -0.3 is 5.73 Å². The minimum atomic E-state index is -1.13. The monoisotopic (exact) mass is 239 g/mol. The third-order valence-electron chi connectivity index (χ3n) is 3.61. The normalized spacial score (nSPS) is 29.5. The maximum atomic E-state index is 14.7. The van der Waals surface area contributed by atoms with Crippen LogP contribution in [-0.2, 0) is 13.0 Å². The second kappa shape index (κ2) is 4.77. The van der Waals surface area contributed by atoms with Gasteiger partial charge in [0.15, 0.2) is 0 Å². The third-order valence-corrected chi connectivity index (χ3v) is 3.61. The molecule has 17 heavy (non-hydrogen) atoms. The summed E-state index contributed by atoms with van der Waals surface area (Å²) in [5.74, 6) is 0. The van der Waals surface area contributed by atoms with Crippen LogP contribution in [0.25, 0.3) is 0 Å². The molecular formula is C13H22FN3. The zero-order valence-corrected chi connectivity index (χ0v) is 10.7. The molecule has 3 nitrogen and oxygen atoms in total. The SMILES string of the molecule is CCn1nc(C)cc1CC1(F)CCCC(N)C1. The number of nitrogens with zero attached hydrogens (tertiary/aromatic N) is 2. The molecule has 0 bridgehead atoms. The Morgan fingerprint density at radius 1 is 1.65 bits per heavy atom. The molecule has 0 spiro atoms. The predicted octanol–water partition coefficient (Wildman–Crippen LogP) is 2.36. The first-order chi connectivity index (χ1) is 8.02. The second-order valence-corrected chi connectivity index (χ2v) is 5.28. The highest BCUT2D eigenvalue weighted by atomic mass is 19.1. The molecule has 96 valence electrons. The number of rotatable bonds is 3. The summed E-state index contributed by atoms with van der Waals surface area (Å²) in [6.45, 7) is 4.78. The number of alkyl halides is 1. The Labute approximate surface area is 102 Å². The van der Waals surface area contributed by atoms with E-state index in [-0.39, 0.29) is 6.04 Å². The molecular weight excluding hydrogens is 217 g/mol. The Kier molecular flexibility index (Phi) is 3.52. The fraction of sp³-hybridized carbons (Fsp3) is 0.769. The molecule has 1 heterocycles. The van der Waals surface area contributed by atoms with Gasteiger partial charge >= 0.3 is 0 Å². The number of hydrogen-bond donors (Lipinski definition) is 1. The van der Waals surface area contributed by atoms with Crippen molar-refractivity contribution in [1.29, 1.82) is 0 Å². The van der Waals surface area contributed by atoms with Gasteiger partial charge in [-0.05, 0) is 45.6 Å². The minimum absolute atomic E-state index is 0.0212. The Hall–Kier alpha value is -0.900. The summed E-state index contributed by atoms with van der Waals surface area (Å²) >= 11 is 0. The van der Waals surface area contributed by atoms with E-state index in [1.54, 1.807) is 0 Å². The van der Waals surface area contributed by atoms with Crippen LogP contribution in [0.3, 0.4) is 0 Å². The molecule has 1 aromatic heterocycles. The third kappa shape index (κ3) is 2.86. The summed E-state index contributed by atoms with van der Waals surface area (Å²) in [5.41, 5.74) is 6.71. The van der Waals surface area contributed by atoms with Crippen molar-refractivity contribution < 1.29 is 4.39 Å². The van der Waals surface area contributed by atoms with Crippen molar-refractivity contribution in [3.05, 3.63) is 17.5 Å². The van der Waals surface area contributed by atoms with Gasteiger partial charge in [-0.25, -0.2) is 4.39 Å². The van der Waals surface area contributed by atoms with E-state index in [0.29, 0.717) is 19.3 Å². The smallest absolute Gasteiger partial charge is 0.118 e. The van der Waals surface area contributed by atoms with E-state index in [9.17, 15) is 4.39 Å². The van der Waals surface area contributed by atoms with Crippen LogP contribution in [0.15, 0.2) is 6.07 Å². The standard InChI is InChI=1S/C13H22FN3/c1-3-17-12(7-10(2)16-17)9-13(14)6-4-5-11(15)8-13/h7,11H,3-6,8-9,15H2,1-2H3. The molecule has 1 aliphatic rings. The molecule has 1 fully saturated rings. The molecule has 0 radical (unpaired) electrons. The summed E-state index contributed by atoms with van der Waals surface area (Å²) < 4.78 is 16.6. The van der Waals surface area contributed by atoms with Crippen LogP contribution in [0.5, 0.6) is 0 Å². The molecule has 2 rings (SSSR count). The van der Waals surface area contributed by atoms with E-state index < -0.39 is 5.67 Å². The van der Waals surface area contributed by atoms with Crippen LogP contribution < -0.4 is 5.73 Å². The van der Waals surface area contributed by atoms with Crippen LogP contribution in [-0.4, -0.2) is 21.5 Å². The van der Waals surface area contributed by atoms with Crippen LogP contribution in [0.2, 0.25) is 0 Å². The Morgan fingerprint density at radius 3 is 3.06 bits per heavy atom. The second-order valence-electron chi connectivity index (χ2n) is 5.28. The van der Waals surface area contributed by atoms with Gasteiger partial charge in [0.25, 0.3) is 0 Å². The highest BCUT2D eigenvalue weighted by Crippen LogP contribution is 2.34. The first kappa shape index (κ1) is 12.6. The van der Waals surface area contributed by atoms with Crippen molar-refractivity contribution in [2.24, 2.45) is 5.73 Å². The summed E-state index contributed by atoms with van der Waals surface area (Å²) in [7, 11) is 0. The molecule has 2 unspecified atom stereocenters. The van der Waals surface area contributed by atoms with Crippen LogP contribution >= 0.6 is 0 Å². The van der Waals surface area contributed by atoms with E-state index in [4.69, 9.17) is 5.73 Å². The van der Waals surface area contributed by atoms with Crippen molar-refractivity contribution in [2.45, 2.75) is 64.2 Å². The van der Waals surface area contributed by atoms with Gasteiger partial charge in [0.1, 0.15) is 5.67 Å². The van der Waals surface area contributed by atoms with Gasteiger partial charge in [0, 0.05) is 24.7 Å². The Bertz CT molecular complexity index is 388. The number of nitrogens with two attached hydrogens (primary N) is 1.